The van der Waals surface area contributed by atoms with Crippen LogP contribution in [0.5, 0.6) is 0 Å². The number of fused-ring (bicyclic) bond motifs is 14. The average Bonchev–Trinajstić information content (AvgIpc) is 2.75. The monoisotopic (exact) mass is 1080 g/mol. The number of nitrogens with zero attached hydrogens (tertiary/aromatic N) is 4. The molecule has 79 heavy (non-hydrogen) atoms. The highest BCUT2D eigenvalue weighted by atomic mass is 16.3. The lowest BCUT2D eigenvalue weighted by Gasteiger charge is -2.70. The molecule has 0 unspecified atom stereocenters. The number of carbonyl (C=O) groups excluding carboxylic acids is 3. The van der Waals surface area contributed by atoms with E-state index < -0.39 is 0 Å². The van der Waals surface area contributed by atoms with Gasteiger partial charge in [-0.15, -0.1) is 0 Å². The molecule has 0 aromatic carbocycles. The molecule has 0 aromatic heterocycles. The first-order valence-electron chi connectivity index (χ1n) is 30.5. The Balaban J connectivity index is 0.000000187. The fourth-order valence-electron chi connectivity index (χ4n) is 20.3. The number of amides is 1. The second-order valence-corrected chi connectivity index (χ2v) is 30.6. The number of rotatable bonds is 3. The lowest BCUT2D eigenvalue weighted by atomic mass is 9.34. The molecule has 8 fully saturated rings. The van der Waals surface area contributed by atoms with Crippen LogP contribution in [0, 0.1) is 66.0 Å². The van der Waals surface area contributed by atoms with Gasteiger partial charge in [0, 0.05) is 86.3 Å². The standard InChI is InChI=1S/C34H48N2O3.C34H50N2O2.2CH4/c1-22-23-8-9-26-32(4,24(23)20-25(37)28(22)38)13-15-34(6)27-21-31(3,29(39)36-18-16-35(7)17-19-36)11-10-30(27,2)12-14-33(26,34)5;1-23-24-8-9-27-32(4,25(24)20-26(37)29(23)38)13-15-34(6)28-21-30(2,22-36-18-16-35(7)17-19-36)10-11-31(28,3)12-14-33(27,34)5;;/h8-9,20,27,38H,10-19,21H2,1-7H3;8-9,20,28,38H,10-19,21-22H2,1-7H3;2*1H4/t27-,30-,31-,32+,33-,34+;28-,30-,31-,32+,33-,34+;;/m11../s1. The fraction of sp³-hybridized carbons (Fsp3) is 0.729. The van der Waals surface area contributed by atoms with Crippen LogP contribution in [-0.4, -0.2) is 120 Å². The Kier molecular flexibility index (Phi) is 14.9. The van der Waals surface area contributed by atoms with Crippen LogP contribution in [-0.2, 0) is 14.4 Å². The molecule has 0 aromatic rings. The van der Waals surface area contributed by atoms with Crippen molar-refractivity contribution in [3.63, 3.8) is 0 Å². The zero-order chi connectivity index (χ0) is 55.5. The van der Waals surface area contributed by atoms with Crippen LogP contribution in [0.15, 0.2) is 92.6 Å². The molecule has 436 valence electrons. The molecule has 12 rings (SSSR count). The second kappa shape index (κ2) is 19.7. The SMILES string of the molecule is C.C.CC1=C(O)C(=O)C=C2C1=CC=C1[C@@]2(C)CC[C@@]2(C)[C@@H]3C[C@](C)(C(=O)N4CCN(C)CC4)CC[C@]3(C)CC[C@]12C.CC1=C(O)C(=O)C=C2C1=CC=C1[C@@]2(C)CC[C@@]2(C)[C@@H]3C[C@](C)(CN4CCN(C)CC4)CC[C@]3(C)CC[C@]12C. The maximum Gasteiger partial charge on any atom is 0.228 e. The highest BCUT2D eigenvalue weighted by Crippen LogP contribution is 2.77. The van der Waals surface area contributed by atoms with Crippen LogP contribution in [0.3, 0.4) is 0 Å². The van der Waals surface area contributed by atoms with E-state index in [-0.39, 0.29) is 81.3 Å². The minimum absolute atomic E-state index is 0. The number of ketones is 2. The van der Waals surface area contributed by atoms with Gasteiger partial charge in [0.25, 0.3) is 0 Å². The first-order chi connectivity index (χ1) is 35.9. The third-order valence-corrected chi connectivity index (χ3v) is 26.3. The van der Waals surface area contributed by atoms with E-state index in [9.17, 15) is 24.6 Å². The molecule has 0 spiro atoms. The quantitative estimate of drug-likeness (QED) is 0.288. The van der Waals surface area contributed by atoms with Crippen LogP contribution in [0.2, 0.25) is 0 Å². The highest BCUT2D eigenvalue weighted by molar-refractivity contribution is 6.07. The molecule has 9 nitrogen and oxygen atoms in total. The molecule has 9 heteroatoms. The van der Waals surface area contributed by atoms with Gasteiger partial charge in [-0.3, -0.25) is 14.4 Å². The normalized spacial score (nSPS) is 43.9. The summed E-state index contributed by atoms with van der Waals surface area (Å²) in [5.74, 6) is 0.887. The number of hydrogen-bond acceptors (Lipinski definition) is 8. The van der Waals surface area contributed by atoms with Gasteiger partial charge in [-0.1, -0.05) is 120 Å². The Morgan fingerprint density at radius 1 is 0.519 bits per heavy atom. The van der Waals surface area contributed by atoms with E-state index in [4.69, 9.17) is 0 Å². The van der Waals surface area contributed by atoms with E-state index in [2.05, 4.69) is 127 Å². The lowest BCUT2D eigenvalue weighted by molar-refractivity contribution is -0.175. The number of likely N-dealkylation sites (N-methyl/N-ethyl adjacent to an activating group) is 2. The maximum absolute atomic E-state index is 14.1. The smallest absolute Gasteiger partial charge is 0.228 e. The number of hydrogen-bond donors (Lipinski definition) is 2. The van der Waals surface area contributed by atoms with Crippen LogP contribution in [0.4, 0.5) is 0 Å². The van der Waals surface area contributed by atoms with E-state index in [1.165, 1.54) is 83.2 Å². The van der Waals surface area contributed by atoms with Crippen molar-refractivity contribution in [2.75, 3.05) is 73.0 Å². The molecule has 0 radical (unpaired) electrons. The summed E-state index contributed by atoms with van der Waals surface area (Å²) < 4.78 is 0. The minimum Gasteiger partial charge on any atom is -0.504 e. The van der Waals surface area contributed by atoms with Gasteiger partial charge in [-0.2, -0.15) is 0 Å². The van der Waals surface area contributed by atoms with Gasteiger partial charge in [0.05, 0.1) is 0 Å². The van der Waals surface area contributed by atoms with Crippen molar-refractivity contribution in [3.8, 4) is 0 Å². The van der Waals surface area contributed by atoms with Crippen molar-refractivity contribution >= 4 is 17.5 Å². The maximum atomic E-state index is 14.1. The zero-order valence-electron chi connectivity index (χ0n) is 50.3. The van der Waals surface area contributed by atoms with E-state index >= 15 is 0 Å². The fourth-order valence-corrected chi connectivity index (χ4v) is 20.3. The van der Waals surface area contributed by atoms with Gasteiger partial charge < -0.3 is 29.8 Å². The van der Waals surface area contributed by atoms with Gasteiger partial charge in [0.15, 0.2) is 11.5 Å². The summed E-state index contributed by atoms with van der Waals surface area (Å²) in [6.45, 7) is 38.4. The first-order valence-corrected chi connectivity index (χ1v) is 30.5. The van der Waals surface area contributed by atoms with Crippen molar-refractivity contribution in [3.05, 3.63) is 92.6 Å². The molecule has 2 aliphatic heterocycles. The van der Waals surface area contributed by atoms with Gasteiger partial charge in [-0.25, -0.2) is 0 Å². The molecule has 2 heterocycles. The highest BCUT2D eigenvalue weighted by Gasteiger charge is 2.69. The van der Waals surface area contributed by atoms with Gasteiger partial charge in [0.1, 0.15) is 0 Å². The van der Waals surface area contributed by atoms with Gasteiger partial charge in [0.2, 0.25) is 17.5 Å². The molecule has 2 N–H and O–H groups in total. The van der Waals surface area contributed by atoms with Gasteiger partial charge in [-0.05, 0) is 202 Å². The first kappa shape index (κ1) is 59.8. The second-order valence-electron chi connectivity index (χ2n) is 30.6. The molecular formula is C70H106N4O5. The summed E-state index contributed by atoms with van der Waals surface area (Å²) in [4.78, 5) is 49.2. The van der Waals surface area contributed by atoms with E-state index in [0.717, 1.165) is 99.0 Å². The summed E-state index contributed by atoms with van der Waals surface area (Å²) >= 11 is 0. The number of aliphatic hydroxyl groups is 2. The van der Waals surface area contributed by atoms with Crippen molar-refractivity contribution in [1.29, 1.82) is 0 Å². The Hall–Kier alpha value is -3.79. The summed E-state index contributed by atoms with van der Waals surface area (Å²) in [5.41, 5.74) is 9.61. The third-order valence-electron chi connectivity index (χ3n) is 26.3. The van der Waals surface area contributed by atoms with E-state index in [1.54, 1.807) is 17.7 Å². The van der Waals surface area contributed by atoms with Gasteiger partial charge >= 0.3 is 0 Å². The Morgan fingerprint density at radius 3 is 1.38 bits per heavy atom. The van der Waals surface area contributed by atoms with Crippen molar-refractivity contribution < 1.29 is 24.6 Å². The minimum atomic E-state index is -0.298. The molecule has 6 saturated carbocycles. The zero-order valence-corrected chi connectivity index (χ0v) is 50.3. The summed E-state index contributed by atoms with van der Waals surface area (Å²) in [5, 5.41) is 20.8. The van der Waals surface area contributed by atoms with Crippen LogP contribution < -0.4 is 0 Å². The molecule has 2 saturated heterocycles. The molecule has 0 bridgehead atoms. The van der Waals surface area contributed by atoms with Crippen molar-refractivity contribution in [2.45, 2.75) is 188 Å². The Labute approximate surface area is 478 Å². The van der Waals surface area contributed by atoms with Crippen LogP contribution in [0.1, 0.15) is 188 Å². The topological polar surface area (TPSA) is 105 Å². The predicted octanol–water partition coefficient (Wildman–Crippen LogP) is 14.5. The number of allylic oxidation sites excluding steroid dienone is 14. The third kappa shape index (κ3) is 8.67. The van der Waals surface area contributed by atoms with Crippen molar-refractivity contribution in [1.82, 2.24) is 19.6 Å². The molecule has 10 aliphatic carbocycles. The van der Waals surface area contributed by atoms with E-state index in [0.29, 0.717) is 34.1 Å². The summed E-state index contributed by atoms with van der Waals surface area (Å²) in [6.07, 6.45) is 29.0. The number of aliphatic hydroxyl groups excluding tert-OH is 2. The molecular weight excluding hydrogens is 977 g/mol. The lowest BCUT2D eigenvalue weighted by Crippen LogP contribution is -2.63. The molecule has 12 aliphatic rings. The summed E-state index contributed by atoms with van der Waals surface area (Å²) in [7, 11) is 4.40. The number of carbonyl (C=O) groups is 3. The van der Waals surface area contributed by atoms with Crippen LogP contribution in [0.25, 0.3) is 0 Å². The average molecular weight is 1080 g/mol. The Morgan fingerprint density at radius 2 is 0.924 bits per heavy atom. The molecule has 1 amide bonds. The number of piperazine rings is 2. The molecule has 12 atom stereocenters. The predicted molar refractivity (Wildman–Crippen MR) is 323 cm³/mol. The van der Waals surface area contributed by atoms with Crippen LogP contribution >= 0.6 is 0 Å². The largest absolute Gasteiger partial charge is 0.504 e. The Bertz CT molecular complexity index is 2830. The van der Waals surface area contributed by atoms with Crippen molar-refractivity contribution in [2.24, 2.45) is 66.0 Å². The van der Waals surface area contributed by atoms with E-state index in [1.807, 2.05) is 13.8 Å². The summed E-state index contributed by atoms with van der Waals surface area (Å²) in [6, 6.07) is 0.